The maximum Gasteiger partial charge on any atom is 0.290 e. The summed E-state index contributed by atoms with van der Waals surface area (Å²) in [5.74, 6) is -2.88. The smallest absolute Gasteiger partial charge is 0.290 e. The van der Waals surface area contributed by atoms with E-state index in [1.807, 2.05) is 6.07 Å². The van der Waals surface area contributed by atoms with Crippen LogP contribution in [-0.2, 0) is 20.9 Å². The first kappa shape index (κ1) is 18.2. The lowest BCUT2D eigenvalue weighted by Crippen LogP contribution is -2.36. The summed E-state index contributed by atoms with van der Waals surface area (Å²) < 4.78 is 0. The molecule has 8 heteroatoms. The Kier molecular flexibility index (Phi) is 5.81. The van der Waals surface area contributed by atoms with E-state index in [9.17, 15) is 14.4 Å². The van der Waals surface area contributed by atoms with Crippen LogP contribution in [0, 0.1) is 17.2 Å². The third-order valence-electron chi connectivity index (χ3n) is 3.79. The lowest BCUT2D eigenvalue weighted by atomic mass is 10.1. The summed E-state index contributed by atoms with van der Waals surface area (Å²) in [4.78, 5) is 39.0. The molecule has 0 aliphatic carbocycles. The number of ketones is 1. The molecule has 1 unspecified atom stereocenters. The van der Waals surface area contributed by atoms with E-state index in [2.05, 4.69) is 0 Å². The van der Waals surface area contributed by atoms with E-state index in [0.717, 1.165) is 5.56 Å². The molecule has 1 aliphatic rings. The number of carbonyl (C=O) groups is 3. The average Bonchev–Trinajstić information content (AvgIpc) is 2.83. The minimum Gasteiger partial charge on any atom is -0.341 e. The van der Waals surface area contributed by atoms with Gasteiger partial charge in [0.15, 0.2) is 0 Å². The normalized spacial score (nSPS) is 17.1. The van der Waals surface area contributed by atoms with Gasteiger partial charge in [0, 0.05) is 26.7 Å². The molecular formula is C16H15Cl2N3O3. The van der Waals surface area contributed by atoms with Crippen molar-refractivity contribution in [3.63, 3.8) is 0 Å². The van der Waals surface area contributed by atoms with Crippen molar-refractivity contribution in [3.05, 3.63) is 33.8 Å². The minimum atomic E-state index is -1.02. The lowest BCUT2D eigenvalue weighted by Gasteiger charge is -2.20. The van der Waals surface area contributed by atoms with Crippen LogP contribution in [0.4, 0.5) is 0 Å². The molecule has 24 heavy (non-hydrogen) atoms. The Balaban J connectivity index is 2.05. The molecule has 1 fully saturated rings. The standard InChI is InChI=1S/C16H15Cl2N3O3/c1-20(8-10-3-4-12(17)13(18)7-10)15(23)11-9-21(6-2-5-19)16(24)14(11)22/h3-4,7,11H,2,6,8-9H2,1H3. The molecule has 1 aromatic carbocycles. The van der Waals surface area contributed by atoms with Crippen molar-refractivity contribution in [2.24, 2.45) is 5.92 Å². The van der Waals surface area contributed by atoms with Gasteiger partial charge in [0.1, 0.15) is 5.92 Å². The summed E-state index contributed by atoms with van der Waals surface area (Å²) in [5.41, 5.74) is 0.762. The fourth-order valence-electron chi connectivity index (χ4n) is 2.51. The van der Waals surface area contributed by atoms with Gasteiger partial charge >= 0.3 is 0 Å². The van der Waals surface area contributed by atoms with E-state index in [1.165, 1.54) is 9.80 Å². The maximum absolute atomic E-state index is 12.5. The van der Waals surface area contributed by atoms with Gasteiger partial charge in [0.2, 0.25) is 11.7 Å². The van der Waals surface area contributed by atoms with Crippen LogP contribution in [-0.4, -0.2) is 47.5 Å². The Hall–Kier alpha value is -2.10. The fraction of sp³-hybridized carbons (Fsp3) is 0.375. The number of rotatable bonds is 5. The van der Waals surface area contributed by atoms with Gasteiger partial charge in [-0.05, 0) is 17.7 Å². The molecule has 0 spiro atoms. The molecule has 0 aromatic heterocycles. The van der Waals surface area contributed by atoms with E-state index in [1.54, 1.807) is 25.2 Å². The zero-order chi connectivity index (χ0) is 17.9. The van der Waals surface area contributed by atoms with Crippen molar-refractivity contribution >= 4 is 40.8 Å². The second-order valence-electron chi connectivity index (χ2n) is 5.52. The third-order valence-corrected chi connectivity index (χ3v) is 4.53. The SMILES string of the molecule is CN(Cc1ccc(Cl)c(Cl)c1)C(=O)C1CN(CCC#N)C(=O)C1=O. The van der Waals surface area contributed by atoms with Gasteiger partial charge in [-0.2, -0.15) is 5.26 Å². The zero-order valence-corrected chi connectivity index (χ0v) is 14.5. The topological polar surface area (TPSA) is 81.5 Å². The van der Waals surface area contributed by atoms with E-state index in [-0.39, 0.29) is 26.1 Å². The maximum atomic E-state index is 12.5. The van der Waals surface area contributed by atoms with Gasteiger partial charge in [-0.1, -0.05) is 29.3 Å². The number of carbonyl (C=O) groups excluding carboxylic acids is 3. The number of Topliss-reactive ketones (excluding diaryl/α,β-unsaturated/α-hetero) is 1. The molecule has 0 bridgehead atoms. The van der Waals surface area contributed by atoms with Crippen molar-refractivity contribution < 1.29 is 14.4 Å². The van der Waals surface area contributed by atoms with Crippen LogP contribution in [0.5, 0.6) is 0 Å². The van der Waals surface area contributed by atoms with Crippen molar-refractivity contribution in [1.29, 1.82) is 5.26 Å². The summed E-state index contributed by atoms with van der Waals surface area (Å²) in [5, 5.41) is 9.38. The largest absolute Gasteiger partial charge is 0.341 e. The van der Waals surface area contributed by atoms with Gasteiger partial charge < -0.3 is 9.80 Å². The van der Waals surface area contributed by atoms with Crippen molar-refractivity contribution in [2.45, 2.75) is 13.0 Å². The summed E-state index contributed by atoms with van der Waals surface area (Å²) in [7, 11) is 1.56. The van der Waals surface area contributed by atoms with Gasteiger partial charge in [0.05, 0.1) is 22.5 Å². The molecule has 1 atom stereocenters. The van der Waals surface area contributed by atoms with Crippen molar-refractivity contribution in [2.75, 3.05) is 20.1 Å². The lowest BCUT2D eigenvalue weighted by molar-refractivity contribution is -0.144. The monoisotopic (exact) mass is 367 g/mol. The van der Waals surface area contributed by atoms with Gasteiger partial charge in [-0.15, -0.1) is 0 Å². The quantitative estimate of drug-likeness (QED) is 0.587. The van der Waals surface area contributed by atoms with E-state index < -0.39 is 23.5 Å². The van der Waals surface area contributed by atoms with Crippen molar-refractivity contribution in [3.8, 4) is 6.07 Å². The molecule has 1 aliphatic heterocycles. The molecule has 2 rings (SSSR count). The highest BCUT2D eigenvalue weighted by Crippen LogP contribution is 2.24. The molecule has 126 valence electrons. The average molecular weight is 368 g/mol. The summed E-state index contributed by atoms with van der Waals surface area (Å²) >= 11 is 11.8. The summed E-state index contributed by atoms with van der Waals surface area (Å²) in [6.45, 7) is 0.414. The molecule has 6 nitrogen and oxygen atoms in total. The van der Waals surface area contributed by atoms with Gasteiger partial charge in [-0.3, -0.25) is 14.4 Å². The van der Waals surface area contributed by atoms with Crippen LogP contribution < -0.4 is 0 Å². The molecule has 2 amide bonds. The fourth-order valence-corrected chi connectivity index (χ4v) is 2.84. The van der Waals surface area contributed by atoms with Crippen LogP contribution >= 0.6 is 23.2 Å². The van der Waals surface area contributed by atoms with E-state index in [4.69, 9.17) is 28.5 Å². The van der Waals surface area contributed by atoms with Crippen molar-refractivity contribution in [1.82, 2.24) is 9.80 Å². The molecule has 0 N–H and O–H groups in total. The highest BCUT2D eigenvalue weighted by atomic mass is 35.5. The first-order valence-corrected chi connectivity index (χ1v) is 7.99. The highest BCUT2D eigenvalue weighted by molar-refractivity contribution is 6.42. The van der Waals surface area contributed by atoms with Crippen LogP contribution in [0.3, 0.4) is 0 Å². The molecular weight excluding hydrogens is 353 g/mol. The molecule has 1 aromatic rings. The number of nitriles is 1. The number of nitrogens with zero attached hydrogens (tertiary/aromatic N) is 3. The Morgan fingerprint density at radius 3 is 2.71 bits per heavy atom. The van der Waals surface area contributed by atoms with Crippen LogP contribution in [0.2, 0.25) is 10.0 Å². The predicted octanol–water partition coefficient (Wildman–Crippen LogP) is 1.89. The number of benzene rings is 1. The number of hydrogen-bond donors (Lipinski definition) is 0. The Morgan fingerprint density at radius 2 is 2.08 bits per heavy atom. The molecule has 0 saturated carbocycles. The Bertz CT molecular complexity index is 730. The van der Waals surface area contributed by atoms with Crippen LogP contribution in [0.15, 0.2) is 18.2 Å². The number of likely N-dealkylation sites (tertiary alicyclic amines) is 1. The Labute approximate surface area is 149 Å². The first-order valence-electron chi connectivity index (χ1n) is 7.24. The predicted molar refractivity (Wildman–Crippen MR) is 88.2 cm³/mol. The second kappa shape index (κ2) is 7.65. The highest BCUT2D eigenvalue weighted by Gasteiger charge is 2.43. The van der Waals surface area contributed by atoms with Crippen LogP contribution in [0.1, 0.15) is 12.0 Å². The molecule has 1 saturated heterocycles. The zero-order valence-electron chi connectivity index (χ0n) is 13.0. The second-order valence-corrected chi connectivity index (χ2v) is 6.33. The first-order chi connectivity index (χ1) is 11.3. The number of halogens is 2. The summed E-state index contributed by atoms with van der Waals surface area (Å²) in [6.07, 6.45) is 0.124. The van der Waals surface area contributed by atoms with Gasteiger partial charge in [-0.25, -0.2) is 0 Å². The molecule has 1 heterocycles. The van der Waals surface area contributed by atoms with E-state index >= 15 is 0 Å². The Morgan fingerprint density at radius 1 is 1.38 bits per heavy atom. The van der Waals surface area contributed by atoms with E-state index in [0.29, 0.717) is 10.0 Å². The number of hydrogen-bond acceptors (Lipinski definition) is 4. The van der Waals surface area contributed by atoms with Crippen LogP contribution in [0.25, 0.3) is 0 Å². The molecule has 0 radical (unpaired) electrons. The minimum absolute atomic E-state index is 0.0178. The third kappa shape index (κ3) is 3.86. The van der Waals surface area contributed by atoms with Gasteiger partial charge in [0.25, 0.3) is 5.91 Å². The summed E-state index contributed by atoms with van der Waals surface area (Å²) in [6, 6.07) is 6.93. The number of amides is 2.